The number of ether oxygens (including phenoxy) is 1. The van der Waals surface area contributed by atoms with E-state index < -0.39 is 11.7 Å². The summed E-state index contributed by atoms with van der Waals surface area (Å²) in [5, 5.41) is 2.58. The van der Waals surface area contributed by atoms with Gasteiger partial charge in [0.1, 0.15) is 11.6 Å². The predicted molar refractivity (Wildman–Crippen MR) is 70.0 cm³/mol. The summed E-state index contributed by atoms with van der Waals surface area (Å²) in [4.78, 5) is 3.95. The fourth-order valence-electron chi connectivity index (χ4n) is 1.58. The van der Waals surface area contributed by atoms with Crippen molar-refractivity contribution in [2.45, 2.75) is 13.1 Å². The summed E-state index contributed by atoms with van der Waals surface area (Å²) >= 11 is 0. The fraction of sp³-hybridized carbons (Fsp3) is 0.214. The zero-order valence-electron chi connectivity index (χ0n) is 11.0. The summed E-state index contributed by atoms with van der Waals surface area (Å²) in [6, 6.07) is 8.78. The third-order valence-electron chi connectivity index (χ3n) is 2.63. The largest absolute Gasteiger partial charge is 0.439 e. The molecule has 1 N–H and O–H groups in total. The minimum absolute atomic E-state index is 0.0990. The predicted octanol–water partition coefficient (Wildman–Crippen LogP) is 4.24. The number of nitrogens with one attached hydrogen (secondary N) is 1. The van der Waals surface area contributed by atoms with Gasteiger partial charge in [-0.15, -0.1) is 0 Å². The molecule has 1 aromatic carbocycles. The molecule has 20 heavy (non-hydrogen) atoms. The lowest BCUT2D eigenvalue weighted by atomic mass is 10.2. The van der Waals surface area contributed by atoms with Crippen molar-refractivity contribution in [3.05, 3.63) is 47.5 Å². The Hall–Kier alpha value is -2.24. The van der Waals surface area contributed by atoms with Gasteiger partial charge in [-0.25, -0.2) is 0 Å². The maximum atomic E-state index is 12.8. The summed E-state index contributed by atoms with van der Waals surface area (Å²) in [6.45, 7) is 1.91. The maximum absolute atomic E-state index is 12.8. The minimum atomic E-state index is -4.44. The Morgan fingerprint density at radius 2 is 1.75 bits per heavy atom. The molecule has 0 aliphatic carbocycles. The molecule has 0 amide bonds. The van der Waals surface area contributed by atoms with Gasteiger partial charge in [-0.05, 0) is 25.1 Å². The third kappa shape index (κ3) is 3.40. The molecule has 0 atom stereocenters. The number of alkyl halides is 3. The molecule has 1 heterocycles. The van der Waals surface area contributed by atoms with Crippen molar-refractivity contribution in [1.29, 1.82) is 0 Å². The van der Waals surface area contributed by atoms with Crippen LogP contribution in [0.1, 0.15) is 11.1 Å². The standard InChI is InChI=1S/C14H13F3N2O/c1-9-3-5-11(6-4-9)20-13-8-10(14(15,16)17)7-12(18-2)19-13/h3-8H,1-2H3,(H,18,19). The van der Waals surface area contributed by atoms with Crippen molar-refractivity contribution in [2.24, 2.45) is 0 Å². The van der Waals surface area contributed by atoms with Gasteiger partial charge in [0.05, 0.1) is 5.56 Å². The molecular weight excluding hydrogens is 269 g/mol. The number of hydrogen-bond donors (Lipinski definition) is 1. The van der Waals surface area contributed by atoms with Crippen molar-refractivity contribution in [2.75, 3.05) is 12.4 Å². The molecule has 3 nitrogen and oxygen atoms in total. The number of hydrogen-bond acceptors (Lipinski definition) is 3. The van der Waals surface area contributed by atoms with Gasteiger partial charge in [-0.1, -0.05) is 17.7 Å². The summed E-state index contributed by atoms with van der Waals surface area (Å²) in [6.07, 6.45) is -4.44. The molecule has 1 aromatic heterocycles. The summed E-state index contributed by atoms with van der Waals surface area (Å²) in [5.41, 5.74) is 0.226. The molecule has 0 spiro atoms. The van der Waals surface area contributed by atoms with Gasteiger partial charge in [0, 0.05) is 13.1 Å². The average Bonchev–Trinajstić information content (AvgIpc) is 2.40. The average molecular weight is 282 g/mol. The highest BCUT2D eigenvalue weighted by Crippen LogP contribution is 2.33. The Morgan fingerprint density at radius 1 is 1.10 bits per heavy atom. The monoisotopic (exact) mass is 282 g/mol. The molecular formula is C14H13F3N2O. The molecule has 0 fully saturated rings. The van der Waals surface area contributed by atoms with E-state index in [0.29, 0.717) is 5.75 Å². The molecule has 0 bridgehead atoms. The van der Waals surface area contributed by atoms with Crippen LogP contribution in [0.15, 0.2) is 36.4 Å². The van der Waals surface area contributed by atoms with Crippen LogP contribution in [-0.4, -0.2) is 12.0 Å². The maximum Gasteiger partial charge on any atom is 0.416 e. The number of benzene rings is 1. The first-order valence-corrected chi connectivity index (χ1v) is 5.90. The Balaban J connectivity index is 2.33. The molecule has 0 radical (unpaired) electrons. The van der Waals surface area contributed by atoms with Crippen LogP contribution in [-0.2, 0) is 6.18 Å². The van der Waals surface area contributed by atoms with E-state index in [0.717, 1.165) is 17.7 Å². The van der Waals surface area contributed by atoms with Crippen molar-refractivity contribution >= 4 is 5.82 Å². The number of rotatable bonds is 3. The summed E-state index contributed by atoms with van der Waals surface area (Å²) < 4.78 is 43.7. The van der Waals surface area contributed by atoms with Gasteiger partial charge in [0.25, 0.3) is 0 Å². The van der Waals surface area contributed by atoms with Gasteiger partial charge >= 0.3 is 6.18 Å². The van der Waals surface area contributed by atoms with E-state index in [1.165, 1.54) is 7.05 Å². The highest BCUT2D eigenvalue weighted by Gasteiger charge is 2.32. The van der Waals surface area contributed by atoms with E-state index in [-0.39, 0.29) is 11.7 Å². The highest BCUT2D eigenvalue weighted by atomic mass is 19.4. The third-order valence-corrected chi connectivity index (χ3v) is 2.63. The number of pyridine rings is 1. The summed E-state index contributed by atoms with van der Waals surface area (Å²) in [7, 11) is 1.50. The van der Waals surface area contributed by atoms with Gasteiger partial charge in [-0.3, -0.25) is 0 Å². The van der Waals surface area contributed by atoms with Crippen LogP contribution in [0, 0.1) is 6.92 Å². The van der Waals surface area contributed by atoms with E-state index in [1.54, 1.807) is 12.1 Å². The van der Waals surface area contributed by atoms with Crippen LogP contribution >= 0.6 is 0 Å². The van der Waals surface area contributed by atoms with Crippen molar-refractivity contribution in [3.63, 3.8) is 0 Å². The topological polar surface area (TPSA) is 34.1 Å². The number of nitrogens with zero attached hydrogens (tertiary/aromatic N) is 1. The van der Waals surface area contributed by atoms with Crippen molar-refractivity contribution in [3.8, 4) is 11.6 Å². The normalized spacial score (nSPS) is 11.2. The zero-order chi connectivity index (χ0) is 14.8. The fourth-order valence-corrected chi connectivity index (χ4v) is 1.58. The molecule has 0 aliphatic heterocycles. The molecule has 2 rings (SSSR count). The summed E-state index contributed by atoms with van der Waals surface area (Å²) in [5.74, 6) is 0.430. The van der Waals surface area contributed by atoms with Crippen LogP contribution < -0.4 is 10.1 Å². The van der Waals surface area contributed by atoms with E-state index >= 15 is 0 Å². The molecule has 6 heteroatoms. The SMILES string of the molecule is CNc1cc(C(F)(F)F)cc(Oc2ccc(C)cc2)n1. The molecule has 0 saturated heterocycles. The molecule has 0 aliphatic rings. The van der Waals surface area contributed by atoms with Crippen LogP contribution in [0.5, 0.6) is 11.6 Å². The Morgan fingerprint density at radius 3 is 2.30 bits per heavy atom. The van der Waals surface area contributed by atoms with Crippen LogP contribution in [0.25, 0.3) is 0 Å². The lowest BCUT2D eigenvalue weighted by molar-refractivity contribution is -0.137. The second-order valence-corrected chi connectivity index (χ2v) is 4.24. The first-order chi connectivity index (χ1) is 9.38. The minimum Gasteiger partial charge on any atom is -0.439 e. The molecule has 2 aromatic rings. The quantitative estimate of drug-likeness (QED) is 0.914. The van der Waals surface area contributed by atoms with E-state index in [2.05, 4.69) is 10.3 Å². The molecule has 0 saturated carbocycles. The molecule has 106 valence electrons. The zero-order valence-corrected chi connectivity index (χ0v) is 11.0. The second-order valence-electron chi connectivity index (χ2n) is 4.24. The van der Waals surface area contributed by atoms with E-state index in [4.69, 9.17) is 4.74 Å². The number of aromatic nitrogens is 1. The van der Waals surface area contributed by atoms with E-state index in [9.17, 15) is 13.2 Å². The lowest BCUT2D eigenvalue weighted by Crippen LogP contribution is -2.07. The first kappa shape index (κ1) is 14.2. The number of anilines is 1. The van der Waals surface area contributed by atoms with Crippen LogP contribution in [0.4, 0.5) is 19.0 Å². The van der Waals surface area contributed by atoms with Gasteiger partial charge in [-0.2, -0.15) is 18.2 Å². The highest BCUT2D eigenvalue weighted by molar-refractivity contribution is 5.43. The number of aryl methyl sites for hydroxylation is 1. The number of halogens is 3. The Kier molecular flexibility index (Phi) is 3.83. The van der Waals surface area contributed by atoms with Gasteiger partial charge < -0.3 is 10.1 Å². The van der Waals surface area contributed by atoms with Crippen molar-refractivity contribution in [1.82, 2.24) is 4.98 Å². The van der Waals surface area contributed by atoms with Gasteiger partial charge in [0.15, 0.2) is 0 Å². The van der Waals surface area contributed by atoms with Crippen LogP contribution in [0.3, 0.4) is 0 Å². The first-order valence-electron chi connectivity index (χ1n) is 5.90. The van der Waals surface area contributed by atoms with Gasteiger partial charge in [0.2, 0.25) is 5.88 Å². The van der Waals surface area contributed by atoms with E-state index in [1.807, 2.05) is 19.1 Å². The molecule has 0 unspecified atom stereocenters. The van der Waals surface area contributed by atoms with Crippen molar-refractivity contribution < 1.29 is 17.9 Å². The van der Waals surface area contributed by atoms with Crippen LogP contribution in [0.2, 0.25) is 0 Å². The Labute approximate surface area is 114 Å². The smallest absolute Gasteiger partial charge is 0.416 e. The lowest BCUT2D eigenvalue weighted by Gasteiger charge is -2.12. The second kappa shape index (κ2) is 5.40. The Bertz CT molecular complexity index is 594.